The van der Waals surface area contributed by atoms with Gasteiger partial charge in [0.25, 0.3) is 0 Å². The van der Waals surface area contributed by atoms with Gasteiger partial charge in [0.1, 0.15) is 18.4 Å². The number of aromatic nitrogens is 5. The lowest BCUT2D eigenvalue weighted by Crippen LogP contribution is -2.43. The van der Waals surface area contributed by atoms with Gasteiger partial charge in [-0.3, -0.25) is 4.57 Å². The summed E-state index contributed by atoms with van der Waals surface area (Å²) in [6.07, 6.45) is 9.35. The van der Waals surface area contributed by atoms with Gasteiger partial charge in [0.05, 0.1) is 11.9 Å². The van der Waals surface area contributed by atoms with Crippen LogP contribution >= 0.6 is 0 Å². The van der Waals surface area contributed by atoms with Gasteiger partial charge in [-0.15, -0.1) is 9.78 Å². The van der Waals surface area contributed by atoms with Crippen molar-refractivity contribution in [1.82, 2.24) is 24.5 Å². The van der Waals surface area contributed by atoms with Crippen LogP contribution < -0.4 is 10.0 Å². The predicted octanol–water partition coefficient (Wildman–Crippen LogP) is 2.13. The molecule has 2 aromatic heterocycles. The van der Waals surface area contributed by atoms with Gasteiger partial charge in [0.2, 0.25) is 12.0 Å². The minimum absolute atomic E-state index is 0.0750. The zero-order valence-electron chi connectivity index (χ0n) is 14.6. The highest BCUT2D eigenvalue weighted by molar-refractivity contribution is 5.87. The summed E-state index contributed by atoms with van der Waals surface area (Å²) in [6, 6.07) is 8.17. The highest BCUT2D eigenvalue weighted by Crippen LogP contribution is 2.51. The van der Waals surface area contributed by atoms with Gasteiger partial charge in [-0.1, -0.05) is 30.3 Å². The summed E-state index contributed by atoms with van der Waals surface area (Å²) in [5.74, 6) is 1.55. The zero-order valence-corrected chi connectivity index (χ0v) is 14.6. The average molecular weight is 357 g/mol. The van der Waals surface area contributed by atoms with E-state index in [2.05, 4.69) is 45.6 Å². The first kappa shape index (κ1) is 14.5. The van der Waals surface area contributed by atoms with E-state index in [1.807, 2.05) is 27.9 Å². The van der Waals surface area contributed by atoms with Crippen molar-refractivity contribution in [3.05, 3.63) is 48.0 Å². The number of rotatable bonds is 2. The first-order valence-electron chi connectivity index (χ1n) is 8.81. The standard InChI is InChI=1S/C18H15N9/c1-18(6-7-18)15-17(22-23-25(15)9-19)26-11-21-16-12-4-2-3-5-13(12)24-10-20-8-14(24)27(16)26/h2-5,8,10-11,16H,6-7H2,1H3. The van der Waals surface area contributed by atoms with Gasteiger partial charge < -0.3 is 0 Å². The summed E-state index contributed by atoms with van der Waals surface area (Å²) in [7, 11) is 0. The molecule has 9 nitrogen and oxygen atoms in total. The molecule has 1 aromatic carbocycles. The third kappa shape index (κ3) is 1.76. The maximum atomic E-state index is 9.48. The number of anilines is 2. The highest BCUT2D eigenvalue weighted by atomic mass is 15.7. The van der Waals surface area contributed by atoms with Crippen LogP contribution in [0, 0.1) is 11.5 Å². The van der Waals surface area contributed by atoms with E-state index in [-0.39, 0.29) is 11.6 Å². The molecule has 9 heteroatoms. The minimum atomic E-state index is -0.197. The van der Waals surface area contributed by atoms with E-state index in [0.717, 1.165) is 35.6 Å². The summed E-state index contributed by atoms with van der Waals surface area (Å²) in [5.41, 5.74) is 2.92. The Labute approximate surface area is 154 Å². The highest BCUT2D eigenvalue weighted by Gasteiger charge is 2.48. The molecule has 27 heavy (non-hydrogen) atoms. The van der Waals surface area contributed by atoms with Crippen molar-refractivity contribution in [1.29, 1.82) is 5.26 Å². The Morgan fingerprint density at radius 2 is 2.11 bits per heavy atom. The molecule has 132 valence electrons. The third-order valence-corrected chi connectivity index (χ3v) is 5.65. The van der Waals surface area contributed by atoms with Gasteiger partial charge >= 0.3 is 0 Å². The largest absolute Gasteiger partial charge is 0.284 e. The molecule has 2 aliphatic heterocycles. The van der Waals surface area contributed by atoms with Crippen LogP contribution in [-0.4, -0.2) is 30.9 Å². The molecule has 1 unspecified atom stereocenters. The second kappa shape index (κ2) is 4.73. The topological polar surface area (TPSA) is 91.2 Å². The fourth-order valence-electron chi connectivity index (χ4n) is 3.98. The Kier molecular flexibility index (Phi) is 2.54. The zero-order chi connectivity index (χ0) is 18.2. The van der Waals surface area contributed by atoms with Crippen LogP contribution in [-0.2, 0) is 5.41 Å². The monoisotopic (exact) mass is 357 g/mol. The van der Waals surface area contributed by atoms with Gasteiger partial charge in [0.15, 0.2) is 12.0 Å². The number of fused-ring (bicyclic) bond motifs is 6. The Morgan fingerprint density at radius 1 is 1.26 bits per heavy atom. The number of para-hydroxylation sites is 1. The van der Waals surface area contributed by atoms with E-state index in [0.29, 0.717) is 5.82 Å². The van der Waals surface area contributed by atoms with Crippen LogP contribution in [0.15, 0.2) is 41.8 Å². The first-order valence-corrected chi connectivity index (χ1v) is 8.81. The molecule has 1 aliphatic carbocycles. The minimum Gasteiger partial charge on any atom is -0.284 e. The van der Waals surface area contributed by atoms with Crippen molar-refractivity contribution >= 4 is 18.0 Å². The molecule has 3 aliphatic rings. The van der Waals surface area contributed by atoms with Gasteiger partial charge in [0, 0.05) is 11.0 Å². The molecular formula is C18H15N9. The van der Waals surface area contributed by atoms with E-state index in [9.17, 15) is 5.26 Å². The Morgan fingerprint density at radius 3 is 2.93 bits per heavy atom. The molecule has 0 saturated heterocycles. The molecule has 1 fully saturated rings. The Balaban J connectivity index is 1.53. The third-order valence-electron chi connectivity index (χ3n) is 5.65. The lowest BCUT2D eigenvalue weighted by atomic mass is 10.1. The average Bonchev–Trinajstić information content (AvgIpc) is 3.14. The van der Waals surface area contributed by atoms with E-state index < -0.39 is 0 Å². The van der Waals surface area contributed by atoms with Crippen molar-refractivity contribution in [2.45, 2.75) is 31.3 Å². The van der Waals surface area contributed by atoms with Crippen molar-refractivity contribution < 1.29 is 0 Å². The first-order chi connectivity index (χ1) is 13.2. The molecule has 1 atom stereocenters. The molecule has 0 N–H and O–H groups in total. The van der Waals surface area contributed by atoms with Gasteiger partial charge in [-0.25, -0.2) is 20.0 Å². The summed E-state index contributed by atoms with van der Waals surface area (Å²) < 4.78 is 3.37. The van der Waals surface area contributed by atoms with E-state index >= 15 is 0 Å². The molecule has 6 rings (SSSR count). The Bertz CT molecular complexity index is 1140. The summed E-state index contributed by atoms with van der Waals surface area (Å²) in [4.78, 5) is 9.08. The number of imidazole rings is 1. The SMILES string of the molecule is CC1(c2c(N3C=NC4c5ccccc5-n5cncc5N43)nnn2C#N)CC1. The molecule has 1 saturated carbocycles. The normalized spacial score (nSPS) is 20.8. The number of hydrazine groups is 1. The number of nitrogens with zero attached hydrogens (tertiary/aromatic N) is 9. The van der Waals surface area contributed by atoms with Gasteiger partial charge in [-0.2, -0.15) is 5.26 Å². The van der Waals surface area contributed by atoms with E-state index in [1.54, 1.807) is 12.7 Å². The van der Waals surface area contributed by atoms with Crippen LogP contribution in [0.5, 0.6) is 0 Å². The molecule has 0 spiro atoms. The predicted molar refractivity (Wildman–Crippen MR) is 97.4 cm³/mol. The number of nitriles is 1. The molecule has 0 bridgehead atoms. The van der Waals surface area contributed by atoms with E-state index in [4.69, 9.17) is 4.99 Å². The van der Waals surface area contributed by atoms with Crippen LogP contribution in [0.2, 0.25) is 0 Å². The van der Waals surface area contributed by atoms with Crippen molar-refractivity contribution in [2.75, 3.05) is 10.0 Å². The van der Waals surface area contributed by atoms with Crippen LogP contribution in [0.4, 0.5) is 11.6 Å². The molecule has 4 heterocycles. The number of benzene rings is 1. The van der Waals surface area contributed by atoms with Crippen molar-refractivity contribution in [3.8, 4) is 11.9 Å². The number of hydrogen-bond donors (Lipinski definition) is 0. The molecule has 0 amide bonds. The lowest BCUT2D eigenvalue weighted by Gasteiger charge is -2.37. The second-order valence-electron chi connectivity index (χ2n) is 7.34. The van der Waals surface area contributed by atoms with Gasteiger partial charge in [-0.05, 0) is 18.9 Å². The summed E-state index contributed by atoms with van der Waals surface area (Å²) >= 11 is 0. The van der Waals surface area contributed by atoms with Crippen LogP contribution in [0.3, 0.4) is 0 Å². The summed E-state index contributed by atoms with van der Waals surface area (Å²) in [6.45, 7) is 2.14. The fourth-order valence-corrected chi connectivity index (χ4v) is 3.98. The maximum Gasteiger partial charge on any atom is 0.208 e. The summed E-state index contributed by atoms with van der Waals surface area (Å²) in [5, 5.41) is 21.8. The molecule has 3 aromatic rings. The number of hydrogen-bond acceptors (Lipinski definition) is 7. The van der Waals surface area contributed by atoms with Crippen LogP contribution in [0.1, 0.15) is 37.2 Å². The number of aliphatic imine (C=N–C) groups is 1. The van der Waals surface area contributed by atoms with Crippen molar-refractivity contribution in [2.24, 2.45) is 4.99 Å². The smallest absolute Gasteiger partial charge is 0.208 e. The van der Waals surface area contributed by atoms with Crippen LogP contribution in [0.25, 0.3) is 5.69 Å². The Hall–Kier alpha value is -3.67. The molecule has 0 radical (unpaired) electrons. The molecular weight excluding hydrogens is 342 g/mol. The van der Waals surface area contributed by atoms with Crippen molar-refractivity contribution in [3.63, 3.8) is 0 Å². The van der Waals surface area contributed by atoms with E-state index in [1.165, 1.54) is 4.68 Å². The second-order valence-corrected chi connectivity index (χ2v) is 7.34. The quantitative estimate of drug-likeness (QED) is 0.698. The lowest BCUT2D eigenvalue weighted by molar-refractivity contribution is 0.651. The fraction of sp³-hybridized carbons (Fsp3) is 0.278. The maximum absolute atomic E-state index is 9.48.